The van der Waals surface area contributed by atoms with Crippen molar-refractivity contribution in [3.05, 3.63) is 66.2 Å². The Morgan fingerprint density at radius 3 is 2.20 bits per heavy atom. The number of rotatable bonds is 5. The number of nitrogens with one attached hydrogen (secondary N) is 1. The van der Waals surface area contributed by atoms with Crippen LogP contribution in [-0.2, 0) is 21.3 Å². The first-order chi connectivity index (χ1) is 9.66. The SMILES string of the molecule is C[C@@H](C(=O)Nc1ccccc1)[S@](=O)Cc1ccccc1. The molecule has 1 amide bonds. The fourth-order valence-electron chi connectivity index (χ4n) is 1.75. The van der Waals surface area contributed by atoms with Crippen LogP contribution in [0.2, 0.25) is 0 Å². The molecule has 1 N–H and O–H groups in total. The van der Waals surface area contributed by atoms with Gasteiger partial charge in [-0.05, 0) is 24.6 Å². The van der Waals surface area contributed by atoms with Crippen LogP contribution in [0.15, 0.2) is 60.7 Å². The van der Waals surface area contributed by atoms with E-state index in [-0.39, 0.29) is 5.91 Å². The lowest BCUT2D eigenvalue weighted by Crippen LogP contribution is -2.29. The fraction of sp³-hybridized carbons (Fsp3) is 0.188. The Balaban J connectivity index is 1.95. The smallest absolute Gasteiger partial charge is 0.239 e. The maximum Gasteiger partial charge on any atom is 0.239 e. The number of hydrogen-bond acceptors (Lipinski definition) is 2. The van der Waals surface area contributed by atoms with Crippen LogP contribution in [0.25, 0.3) is 0 Å². The van der Waals surface area contributed by atoms with Crippen molar-refractivity contribution in [1.82, 2.24) is 0 Å². The highest BCUT2D eigenvalue weighted by Crippen LogP contribution is 2.10. The number of hydrogen-bond donors (Lipinski definition) is 1. The van der Waals surface area contributed by atoms with E-state index in [2.05, 4.69) is 5.32 Å². The van der Waals surface area contributed by atoms with Crippen LogP contribution in [-0.4, -0.2) is 15.4 Å². The Labute approximate surface area is 121 Å². The monoisotopic (exact) mass is 287 g/mol. The average molecular weight is 287 g/mol. The van der Waals surface area contributed by atoms with Gasteiger partial charge in [0, 0.05) is 22.2 Å². The van der Waals surface area contributed by atoms with Gasteiger partial charge in [0.15, 0.2) is 0 Å². The van der Waals surface area contributed by atoms with E-state index in [1.807, 2.05) is 60.7 Å². The molecule has 0 fully saturated rings. The summed E-state index contributed by atoms with van der Waals surface area (Å²) in [5.74, 6) is 0.176. The van der Waals surface area contributed by atoms with E-state index in [0.717, 1.165) is 11.3 Å². The fourth-order valence-corrected chi connectivity index (χ4v) is 2.82. The second kappa shape index (κ2) is 7.01. The lowest BCUT2D eigenvalue weighted by atomic mass is 10.2. The molecule has 0 spiro atoms. The van der Waals surface area contributed by atoms with Crippen LogP contribution in [0.3, 0.4) is 0 Å². The summed E-state index contributed by atoms with van der Waals surface area (Å²) in [5, 5.41) is 2.23. The molecule has 0 aliphatic rings. The maximum atomic E-state index is 12.2. The van der Waals surface area contributed by atoms with Gasteiger partial charge in [0.25, 0.3) is 0 Å². The molecule has 0 unspecified atom stereocenters. The van der Waals surface area contributed by atoms with E-state index in [9.17, 15) is 9.00 Å². The number of para-hydroxylation sites is 1. The predicted molar refractivity (Wildman–Crippen MR) is 82.8 cm³/mol. The van der Waals surface area contributed by atoms with Crippen molar-refractivity contribution in [1.29, 1.82) is 0 Å². The Bertz CT molecular complexity index is 530. The van der Waals surface area contributed by atoms with E-state index in [1.54, 1.807) is 6.92 Å². The molecule has 0 aliphatic carbocycles. The third kappa shape index (κ3) is 4.03. The first-order valence-electron chi connectivity index (χ1n) is 6.44. The Morgan fingerprint density at radius 2 is 1.60 bits per heavy atom. The summed E-state index contributed by atoms with van der Waals surface area (Å²) < 4.78 is 12.2. The van der Waals surface area contributed by atoms with Gasteiger partial charge in [-0.1, -0.05) is 48.5 Å². The summed E-state index contributed by atoms with van der Waals surface area (Å²) in [7, 11) is -1.23. The second-order valence-electron chi connectivity index (χ2n) is 4.51. The molecule has 2 rings (SSSR count). The van der Waals surface area contributed by atoms with Gasteiger partial charge in [-0.2, -0.15) is 0 Å². The van der Waals surface area contributed by atoms with Crippen LogP contribution in [0.5, 0.6) is 0 Å². The van der Waals surface area contributed by atoms with Gasteiger partial charge >= 0.3 is 0 Å². The number of amides is 1. The summed E-state index contributed by atoms with van der Waals surface area (Å²) >= 11 is 0. The molecule has 20 heavy (non-hydrogen) atoms. The first-order valence-corrected chi connectivity index (χ1v) is 7.82. The Hall–Kier alpha value is -1.94. The van der Waals surface area contributed by atoms with Gasteiger partial charge in [-0.3, -0.25) is 9.00 Å². The van der Waals surface area contributed by atoms with Crippen molar-refractivity contribution >= 4 is 22.4 Å². The van der Waals surface area contributed by atoms with Gasteiger partial charge < -0.3 is 5.32 Å². The molecule has 0 bridgehead atoms. The van der Waals surface area contributed by atoms with Gasteiger partial charge in [-0.25, -0.2) is 0 Å². The molecule has 0 heterocycles. The van der Waals surface area contributed by atoms with E-state index in [0.29, 0.717) is 5.75 Å². The molecule has 0 saturated heterocycles. The molecule has 2 aromatic carbocycles. The minimum atomic E-state index is -1.23. The van der Waals surface area contributed by atoms with E-state index < -0.39 is 16.0 Å². The van der Waals surface area contributed by atoms with Crippen LogP contribution in [0, 0.1) is 0 Å². The normalized spacial score (nSPS) is 13.4. The lowest BCUT2D eigenvalue weighted by molar-refractivity contribution is -0.115. The quantitative estimate of drug-likeness (QED) is 0.919. The molecule has 104 valence electrons. The first kappa shape index (κ1) is 14.5. The minimum absolute atomic E-state index is 0.217. The third-order valence-corrected chi connectivity index (χ3v) is 4.58. The minimum Gasteiger partial charge on any atom is -0.325 e. The van der Waals surface area contributed by atoms with Crippen LogP contribution in [0.4, 0.5) is 5.69 Å². The molecule has 0 saturated carbocycles. The molecule has 0 aliphatic heterocycles. The number of benzene rings is 2. The van der Waals surface area contributed by atoms with Crippen molar-refractivity contribution in [2.75, 3.05) is 5.32 Å². The van der Waals surface area contributed by atoms with Crippen LogP contribution in [0.1, 0.15) is 12.5 Å². The molecular weight excluding hydrogens is 270 g/mol. The standard InChI is InChI=1S/C16H17NO2S/c1-13(16(18)17-15-10-6-3-7-11-15)20(19)12-14-8-4-2-5-9-14/h2-11,13H,12H2,1H3,(H,17,18)/t13-,20+/m0/s1. The maximum absolute atomic E-state index is 12.2. The van der Waals surface area contributed by atoms with Crippen molar-refractivity contribution in [2.24, 2.45) is 0 Å². The van der Waals surface area contributed by atoms with E-state index >= 15 is 0 Å². The Morgan fingerprint density at radius 1 is 1.05 bits per heavy atom. The van der Waals surface area contributed by atoms with Crippen LogP contribution < -0.4 is 5.32 Å². The summed E-state index contributed by atoms with van der Waals surface area (Å²) in [6, 6.07) is 18.8. The van der Waals surface area contributed by atoms with Crippen molar-refractivity contribution in [3.63, 3.8) is 0 Å². The zero-order valence-corrected chi connectivity index (χ0v) is 12.1. The van der Waals surface area contributed by atoms with Crippen molar-refractivity contribution < 1.29 is 9.00 Å². The third-order valence-electron chi connectivity index (χ3n) is 2.96. The lowest BCUT2D eigenvalue weighted by Gasteiger charge is -2.12. The molecular formula is C16H17NO2S. The number of anilines is 1. The highest BCUT2D eigenvalue weighted by atomic mass is 32.2. The summed E-state index contributed by atoms with van der Waals surface area (Å²) in [5.41, 5.74) is 1.70. The molecule has 3 nitrogen and oxygen atoms in total. The molecule has 2 aromatic rings. The van der Waals surface area contributed by atoms with Gasteiger partial charge in [0.2, 0.25) is 5.91 Å². The van der Waals surface area contributed by atoms with E-state index in [1.165, 1.54) is 0 Å². The molecule has 0 aromatic heterocycles. The predicted octanol–water partition coefficient (Wildman–Crippen LogP) is 2.96. The van der Waals surface area contributed by atoms with Gasteiger partial charge in [0.05, 0.1) is 0 Å². The van der Waals surface area contributed by atoms with Crippen LogP contribution >= 0.6 is 0 Å². The highest BCUT2D eigenvalue weighted by molar-refractivity contribution is 7.85. The summed E-state index contributed by atoms with van der Waals surface area (Å²) in [6.45, 7) is 1.69. The largest absolute Gasteiger partial charge is 0.325 e. The van der Waals surface area contributed by atoms with Crippen molar-refractivity contribution in [2.45, 2.75) is 17.9 Å². The van der Waals surface area contributed by atoms with Gasteiger partial charge in [0.1, 0.15) is 5.25 Å². The Kier molecular flexibility index (Phi) is 5.07. The molecule has 2 atom stereocenters. The number of carbonyl (C=O) groups is 1. The zero-order valence-electron chi connectivity index (χ0n) is 11.3. The molecule has 0 radical (unpaired) electrons. The summed E-state index contributed by atoms with van der Waals surface area (Å²) in [4.78, 5) is 12.0. The zero-order chi connectivity index (χ0) is 14.4. The molecule has 4 heteroatoms. The second-order valence-corrected chi connectivity index (χ2v) is 6.27. The average Bonchev–Trinajstić information content (AvgIpc) is 2.48. The topological polar surface area (TPSA) is 46.2 Å². The van der Waals surface area contributed by atoms with Gasteiger partial charge in [-0.15, -0.1) is 0 Å². The van der Waals surface area contributed by atoms with E-state index in [4.69, 9.17) is 0 Å². The van der Waals surface area contributed by atoms with Crippen molar-refractivity contribution in [3.8, 4) is 0 Å². The highest BCUT2D eigenvalue weighted by Gasteiger charge is 2.20. The number of carbonyl (C=O) groups excluding carboxylic acids is 1. The summed E-state index contributed by atoms with van der Waals surface area (Å²) in [6.07, 6.45) is 0.